The molecule has 0 fully saturated rings. The summed E-state index contributed by atoms with van der Waals surface area (Å²) >= 11 is 0. The lowest BCUT2D eigenvalue weighted by atomic mass is 10.1. The molecule has 0 bridgehead atoms. The predicted octanol–water partition coefficient (Wildman–Crippen LogP) is 2.28. The van der Waals surface area contributed by atoms with E-state index in [0.717, 1.165) is 16.6 Å². The molecule has 5 heteroatoms. The van der Waals surface area contributed by atoms with E-state index in [1.165, 1.54) is 0 Å². The number of aromatic carboxylic acids is 1. The molecule has 0 aliphatic heterocycles. The van der Waals surface area contributed by atoms with Crippen molar-refractivity contribution in [2.24, 2.45) is 14.1 Å². The van der Waals surface area contributed by atoms with Crippen LogP contribution in [0.3, 0.4) is 0 Å². The SMILES string of the molecule is Cn1cccc1-c1nc(C(=O)O)cc2c1ccn2C. The number of carboxylic acid groups (broad SMARTS) is 1. The zero-order valence-corrected chi connectivity index (χ0v) is 10.7. The fraction of sp³-hybridized carbons (Fsp3) is 0.143. The van der Waals surface area contributed by atoms with Gasteiger partial charge in [-0.25, -0.2) is 9.78 Å². The number of hydrogen-bond donors (Lipinski definition) is 1. The van der Waals surface area contributed by atoms with Crippen molar-refractivity contribution in [3.63, 3.8) is 0 Å². The Labute approximate surface area is 109 Å². The quantitative estimate of drug-likeness (QED) is 0.764. The van der Waals surface area contributed by atoms with Crippen molar-refractivity contribution in [2.75, 3.05) is 0 Å². The van der Waals surface area contributed by atoms with Gasteiger partial charge in [-0.3, -0.25) is 0 Å². The highest BCUT2D eigenvalue weighted by Gasteiger charge is 2.15. The molecule has 3 aromatic heterocycles. The Kier molecular flexibility index (Phi) is 2.41. The molecule has 0 amide bonds. The molecule has 0 aliphatic carbocycles. The minimum Gasteiger partial charge on any atom is -0.477 e. The molecule has 0 atom stereocenters. The Morgan fingerprint density at radius 2 is 2.00 bits per heavy atom. The maximum atomic E-state index is 11.2. The molecule has 3 heterocycles. The Morgan fingerprint density at radius 1 is 1.21 bits per heavy atom. The zero-order valence-electron chi connectivity index (χ0n) is 10.7. The number of aryl methyl sites for hydroxylation is 2. The van der Waals surface area contributed by atoms with Gasteiger partial charge < -0.3 is 14.2 Å². The van der Waals surface area contributed by atoms with Crippen molar-refractivity contribution in [3.05, 3.63) is 42.4 Å². The van der Waals surface area contributed by atoms with Gasteiger partial charge in [0.15, 0.2) is 5.69 Å². The van der Waals surface area contributed by atoms with Crippen LogP contribution in [0.15, 0.2) is 36.7 Å². The van der Waals surface area contributed by atoms with E-state index in [4.69, 9.17) is 0 Å². The van der Waals surface area contributed by atoms with Gasteiger partial charge in [-0.15, -0.1) is 0 Å². The average Bonchev–Trinajstić information content (AvgIpc) is 2.95. The van der Waals surface area contributed by atoms with Gasteiger partial charge in [0.2, 0.25) is 0 Å². The van der Waals surface area contributed by atoms with Crippen LogP contribution in [-0.2, 0) is 14.1 Å². The fourth-order valence-corrected chi connectivity index (χ4v) is 2.28. The smallest absolute Gasteiger partial charge is 0.354 e. The number of pyridine rings is 1. The van der Waals surface area contributed by atoms with Crippen LogP contribution in [0.1, 0.15) is 10.5 Å². The van der Waals surface area contributed by atoms with Crippen molar-refractivity contribution < 1.29 is 9.90 Å². The Bertz CT molecular complexity index is 783. The minimum absolute atomic E-state index is 0.0606. The molecule has 19 heavy (non-hydrogen) atoms. The summed E-state index contributed by atoms with van der Waals surface area (Å²) in [6, 6.07) is 7.40. The zero-order chi connectivity index (χ0) is 13.6. The van der Waals surface area contributed by atoms with Gasteiger partial charge in [0.25, 0.3) is 0 Å². The standard InChI is InChI=1S/C14H13N3O2/c1-16-6-3-4-11(16)13-9-5-7-17(2)12(9)8-10(15-13)14(18)19/h3-8H,1-2H3,(H,18,19). The summed E-state index contributed by atoms with van der Waals surface area (Å²) in [7, 11) is 3.81. The second-order valence-electron chi connectivity index (χ2n) is 4.53. The molecule has 0 aromatic carbocycles. The molecule has 0 saturated carbocycles. The van der Waals surface area contributed by atoms with Crippen LogP contribution in [0.5, 0.6) is 0 Å². The second kappa shape index (κ2) is 3.98. The number of carboxylic acids is 1. The summed E-state index contributed by atoms with van der Waals surface area (Å²) in [6.07, 6.45) is 3.82. The van der Waals surface area contributed by atoms with E-state index in [-0.39, 0.29) is 5.69 Å². The largest absolute Gasteiger partial charge is 0.477 e. The molecule has 5 nitrogen and oxygen atoms in total. The van der Waals surface area contributed by atoms with Gasteiger partial charge in [-0.2, -0.15) is 0 Å². The van der Waals surface area contributed by atoms with Crippen molar-refractivity contribution >= 4 is 16.9 Å². The Balaban J connectivity index is 2.40. The van der Waals surface area contributed by atoms with Gasteiger partial charge in [0.1, 0.15) is 0 Å². The van der Waals surface area contributed by atoms with E-state index in [1.54, 1.807) is 6.07 Å². The topological polar surface area (TPSA) is 60.1 Å². The molecule has 0 spiro atoms. The molecule has 3 aromatic rings. The first-order valence-corrected chi connectivity index (χ1v) is 5.89. The van der Waals surface area contributed by atoms with Crippen molar-refractivity contribution in [3.8, 4) is 11.4 Å². The Hall–Kier alpha value is -2.56. The van der Waals surface area contributed by atoms with Gasteiger partial charge in [0, 0.05) is 31.9 Å². The van der Waals surface area contributed by atoms with E-state index in [2.05, 4.69) is 4.98 Å². The summed E-state index contributed by atoms with van der Waals surface area (Å²) in [4.78, 5) is 15.5. The van der Waals surface area contributed by atoms with E-state index in [0.29, 0.717) is 5.69 Å². The third kappa shape index (κ3) is 1.71. The Morgan fingerprint density at radius 3 is 2.63 bits per heavy atom. The molecule has 0 saturated heterocycles. The highest BCUT2D eigenvalue weighted by atomic mass is 16.4. The number of hydrogen-bond acceptors (Lipinski definition) is 2. The number of rotatable bonds is 2. The summed E-state index contributed by atoms with van der Waals surface area (Å²) in [6.45, 7) is 0. The monoisotopic (exact) mass is 255 g/mol. The average molecular weight is 255 g/mol. The molecular formula is C14H13N3O2. The van der Waals surface area contributed by atoms with Crippen LogP contribution >= 0.6 is 0 Å². The summed E-state index contributed by atoms with van der Waals surface area (Å²) in [5.74, 6) is -1.02. The van der Waals surface area contributed by atoms with Crippen LogP contribution in [0, 0.1) is 0 Å². The predicted molar refractivity (Wildman–Crippen MR) is 72.1 cm³/mol. The lowest BCUT2D eigenvalue weighted by Crippen LogP contribution is -2.03. The van der Waals surface area contributed by atoms with Crippen LogP contribution in [-0.4, -0.2) is 25.2 Å². The maximum Gasteiger partial charge on any atom is 0.354 e. The van der Waals surface area contributed by atoms with Gasteiger partial charge >= 0.3 is 5.97 Å². The van der Waals surface area contributed by atoms with Crippen molar-refractivity contribution in [1.29, 1.82) is 0 Å². The lowest BCUT2D eigenvalue weighted by molar-refractivity contribution is 0.0691. The van der Waals surface area contributed by atoms with Crippen LogP contribution in [0.4, 0.5) is 0 Å². The van der Waals surface area contributed by atoms with E-state index < -0.39 is 5.97 Å². The highest BCUT2D eigenvalue weighted by Crippen LogP contribution is 2.28. The minimum atomic E-state index is -1.02. The normalized spacial score (nSPS) is 11.1. The lowest BCUT2D eigenvalue weighted by Gasteiger charge is -2.07. The summed E-state index contributed by atoms with van der Waals surface area (Å²) < 4.78 is 3.83. The van der Waals surface area contributed by atoms with Crippen molar-refractivity contribution in [1.82, 2.24) is 14.1 Å². The fourth-order valence-electron chi connectivity index (χ4n) is 2.28. The van der Waals surface area contributed by atoms with Crippen molar-refractivity contribution in [2.45, 2.75) is 0 Å². The molecule has 96 valence electrons. The van der Waals surface area contributed by atoms with Gasteiger partial charge in [-0.05, 0) is 24.3 Å². The van der Waals surface area contributed by atoms with E-state index >= 15 is 0 Å². The third-order valence-electron chi connectivity index (χ3n) is 3.29. The second-order valence-corrected chi connectivity index (χ2v) is 4.53. The van der Waals surface area contributed by atoms with Gasteiger partial charge in [0.05, 0.1) is 16.9 Å². The number of fused-ring (bicyclic) bond motifs is 1. The molecule has 1 N–H and O–H groups in total. The van der Waals surface area contributed by atoms with E-state index in [9.17, 15) is 9.90 Å². The number of nitrogens with zero attached hydrogens (tertiary/aromatic N) is 3. The van der Waals surface area contributed by atoms with Gasteiger partial charge in [-0.1, -0.05) is 0 Å². The number of aromatic nitrogens is 3. The van der Waals surface area contributed by atoms with Crippen LogP contribution in [0.25, 0.3) is 22.3 Å². The molecule has 0 unspecified atom stereocenters. The highest BCUT2D eigenvalue weighted by molar-refractivity contribution is 5.98. The first-order valence-electron chi connectivity index (χ1n) is 5.89. The third-order valence-corrected chi connectivity index (χ3v) is 3.29. The number of carbonyl (C=O) groups is 1. The first kappa shape index (κ1) is 11.5. The van der Waals surface area contributed by atoms with Crippen LogP contribution < -0.4 is 0 Å². The summed E-state index contributed by atoms with van der Waals surface area (Å²) in [5, 5.41) is 10.1. The first-order chi connectivity index (χ1) is 9.08. The molecular weight excluding hydrogens is 242 g/mol. The molecule has 0 radical (unpaired) electrons. The summed E-state index contributed by atoms with van der Waals surface area (Å²) in [5.41, 5.74) is 2.52. The molecule has 0 aliphatic rings. The maximum absolute atomic E-state index is 11.2. The van der Waals surface area contributed by atoms with E-state index in [1.807, 2.05) is 53.8 Å². The molecule has 3 rings (SSSR count). The van der Waals surface area contributed by atoms with Crippen LogP contribution in [0.2, 0.25) is 0 Å².